The van der Waals surface area contributed by atoms with Gasteiger partial charge < -0.3 is 9.64 Å². The molecule has 0 aromatic heterocycles. The van der Waals surface area contributed by atoms with Crippen molar-refractivity contribution in [2.45, 2.75) is 33.6 Å². The molecule has 1 aliphatic heterocycles. The Kier molecular flexibility index (Phi) is 4.51. The molecule has 0 spiro atoms. The summed E-state index contributed by atoms with van der Waals surface area (Å²) in [5.41, 5.74) is 0.263. The van der Waals surface area contributed by atoms with E-state index in [0.29, 0.717) is 6.54 Å². The van der Waals surface area contributed by atoms with Crippen LogP contribution in [0.1, 0.15) is 33.6 Å². The number of imide groups is 1. The Morgan fingerprint density at radius 2 is 1.94 bits per heavy atom. The Labute approximate surface area is 103 Å². The maximum Gasteiger partial charge on any atom is 0.329 e. The molecular weight excluding hydrogens is 220 g/mol. The quantitative estimate of drug-likeness (QED) is 0.689. The number of methoxy groups -OCH3 is 1. The molecule has 0 aliphatic carbocycles. The molecule has 0 bridgehead atoms. The van der Waals surface area contributed by atoms with Gasteiger partial charge in [-0.25, -0.2) is 9.69 Å². The van der Waals surface area contributed by atoms with Gasteiger partial charge in [-0.05, 0) is 18.3 Å². The molecular formula is C12H22N2O3. The number of ether oxygens (including phenoxy) is 1. The van der Waals surface area contributed by atoms with Gasteiger partial charge in [0.25, 0.3) is 5.91 Å². The van der Waals surface area contributed by atoms with E-state index in [9.17, 15) is 9.59 Å². The Morgan fingerprint density at radius 1 is 1.29 bits per heavy atom. The normalized spacial score (nSPS) is 17.2. The molecule has 5 heteroatoms. The van der Waals surface area contributed by atoms with Crippen molar-refractivity contribution >= 4 is 11.9 Å². The predicted molar refractivity (Wildman–Crippen MR) is 64.4 cm³/mol. The molecule has 0 saturated carbocycles. The summed E-state index contributed by atoms with van der Waals surface area (Å²) in [6.45, 7) is 7.38. The number of rotatable bonds is 5. The van der Waals surface area contributed by atoms with Gasteiger partial charge in [0.1, 0.15) is 13.3 Å². The molecule has 5 nitrogen and oxygen atoms in total. The van der Waals surface area contributed by atoms with Crippen LogP contribution in [0.2, 0.25) is 0 Å². The molecule has 1 saturated heterocycles. The average molecular weight is 242 g/mol. The average Bonchev–Trinajstić information content (AvgIpc) is 2.45. The second-order valence-corrected chi connectivity index (χ2v) is 5.61. The van der Waals surface area contributed by atoms with Crippen molar-refractivity contribution in [3.63, 3.8) is 0 Å². The minimum Gasteiger partial charge on any atom is -0.364 e. The predicted octanol–water partition coefficient (Wildman–Crippen LogP) is 1.68. The number of carbonyl (C=O) groups is 2. The summed E-state index contributed by atoms with van der Waals surface area (Å²) >= 11 is 0. The highest BCUT2D eigenvalue weighted by atomic mass is 16.5. The van der Waals surface area contributed by atoms with Gasteiger partial charge in [0.2, 0.25) is 0 Å². The van der Waals surface area contributed by atoms with Gasteiger partial charge in [0, 0.05) is 13.7 Å². The number of nitrogens with zero attached hydrogens (tertiary/aromatic N) is 2. The number of amides is 3. The van der Waals surface area contributed by atoms with Crippen molar-refractivity contribution in [3.8, 4) is 0 Å². The molecule has 0 aromatic carbocycles. The minimum atomic E-state index is -0.231. The van der Waals surface area contributed by atoms with Gasteiger partial charge in [0.05, 0.1) is 0 Å². The third-order valence-corrected chi connectivity index (χ3v) is 2.74. The summed E-state index contributed by atoms with van der Waals surface area (Å²) in [7, 11) is 1.48. The van der Waals surface area contributed by atoms with Crippen LogP contribution in [0.3, 0.4) is 0 Å². The summed E-state index contributed by atoms with van der Waals surface area (Å²) in [5, 5.41) is 0. The fourth-order valence-corrected chi connectivity index (χ4v) is 1.82. The molecule has 17 heavy (non-hydrogen) atoms. The van der Waals surface area contributed by atoms with Crippen LogP contribution in [0.5, 0.6) is 0 Å². The lowest BCUT2D eigenvalue weighted by molar-refractivity contribution is -0.128. The van der Waals surface area contributed by atoms with Crippen LogP contribution in [0.4, 0.5) is 4.79 Å². The SMILES string of the molecule is COCN1C(=O)CN(CCCC(C)(C)C)C1=O. The van der Waals surface area contributed by atoms with E-state index in [0.717, 1.165) is 17.7 Å². The Bertz CT molecular complexity index is 297. The van der Waals surface area contributed by atoms with Crippen molar-refractivity contribution < 1.29 is 14.3 Å². The molecule has 0 unspecified atom stereocenters. The Morgan fingerprint density at radius 3 is 2.47 bits per heavy atom. The van der Waals surface area contributed by atoms with Crippen molar-refractivity contribution in [3.05, 3.63) is 0 Å². The monoisotopic (exact) mass is 242 g/mol. The zero-order valence-corrected chi connectivity index (χ0v) is 11.2. The third-order valence-electron chi connectivity index (χ3n) is 2.74. The first-order valence-electron chi connectivity index (χ1n) is 5.93. The van der Waals surface area contributed by atoms with E-state index in [1.807, 2.05) is 0 Å². The third kappa shape index (κ3) is 4.00. The van der Waals surface area contributed by atoms with Crippen LogP contribution < -0.4 is 0 Å². The molecule has 0 atom stereocenters. The highest BCUT2D eigenvalue weighted by Crippen LogP contribution is 2.21. The van der Waals surface area contributed by atoms with E-state index < -0.39 is 0 Å². The molecule has 3 amide bonds. The lowest BCUT2D eigenvalue weighted by Crippen LogP contribution is -2.35. The molecule has 98 valence electrons. The van der Waals surface area contributed by atoms with Gasteiger partial charge in [-0.2, -0.15) is 0 Å². The maximum absolute atomic E-state index is 11.8. The first-order valence-corrected chi connectivity index (χ1v) is 5.93. The van der Waals surface area contributed by atoms with Crippen LogP contribution >= 0.6 is 0 Å². The Hall–Kier alpha value is -1.10. The van der Waals surface area contributed by atoms with Crippen LogP contribution in [0.25, 0.3) is 0 Å². The summed E-state index contributed by atoms with van der Waals surface area (Å²) in [6, 6.07) is -0.231. The smallest absolute Gasteiger partial charge is 0.329 e. The van der Waals surface area contributed by atoms with Crippen LogP contribution in [-0.2, 0) is 9.53 Å². The van der Waals surface area contributed by atoms with Crippen LogP contribution in [0.15, 0.2) is 0 Å². The number of hydrogen-bond acceptors (Lipinski definition) is 3. The first-order chi connectivity index (χ1) is 7.85. The van der Waals surface area contributed by atoms with E-state index in [2.05, 4.69) is 20.8 Å². The standard InChI is InChI=1S/C12H22N2O3/c1-12(2,3)6-5-7-13-8-10(15)14(9-17-4)11(13)16/h5-9H2,1-4H3. The number of carbonyl (C=O) groups excluding carboxylic acids is 2. The second-order valence-electron chi connectivity index (χ2n) is 5.61. The molecule has 1 heterocycles. The van der Waals surface area contributed by atoms with Crippen LogP contribution in [-0.4, -0.2) is 48.7 Å². The van der Waals surface area contributed by atoms with Gasteiger partial charge in [-0.1, -0.05) is 20.8 Å². The van der Waals surface area contributed by atoms with E-state index in [1.165, 1.54) is 7.11 Å². The minimum absolute atomic E-state index is 0.0490. The van der Waals surface area contributed by atoms with Crippen molar-refractivity contribution in [1.82, 2.24) is 9.80 Å². The van der Waals surface area contributed by atoms with E-state index in [1.54, 1.807) is 4.90 Å². The molecule has 0 aromatic rings. The maximum atomic E-state index is 11.8. The summed E-state index contributed by atoms with van der Waals surface area (Å²) < 4.78 is 4.83. The lowest BCUT2D eigenvalue weighted by atomic mass is 9.90. The molecule has 1 fully saturated rings. The fraction of sp³-hybridized carbons (Fsp3) is 0.833. The summed E-state index contributed by atoms with van der Waals surface area (Å²) in [6.07, 6.45) is 1.96. The topological polar surface area (TPSA) is 49.9 Å². The van der Waals surface area contributed by atoms with Crippen molar-refractivity contribution in [1.29, 1.82) is 0 Å². The highest BCUT2D eigenvalue weighted by Gasteiger charge is 2.35. The molecule has 0 radical (unpaired) electrons. The van der Waals surface area contributed by atoms with Gasteiger partial charge in [-0.3, -0.25) is 4.79 Å². The zero-order chi connectivity index (χ0) is 13.1. The van der Waals surface area contributed by atoms with Gasteiger partial charge in [0.15, 0.2) is 0 Å². The van der Waals surface area contributed by atoms with E-state index in [4.69, 9.17) is 4.74 Å². The van der Waals surface area contributed by atoms with Crippen LogP contribution in [0, 0.1) is 5.41 Å². The van der Waals surface area contributed by atoms with E-state index in [-0.39, 0.29) is 30.6 Å². The number of urea groups is 1. The summed E-state index contributed by atoms with van der Waals surface area (Å²) in [5.74, 6) is -0.174. The lowest BCUT2D eigenvalue weighted by Gasteiger charge is -2.21. The fourth-order valence-electron chi connectivity index (χ4n) is 1.82. The molecule has 0 N–H and O–H groups in total. The molecule has 1 rings (SSSR count). The summed E-state index contributed by atoms with van der Waals surface area (Å²) in [4.78, 5) is 26.1. The zero-order valence-electron chi connectivity index (χ0n) is 11.2. The second kappa shape index (κ2) is 5.49. The Balaban J connectivity index is 2.41. The number of hydrogen-bond donors (Lipinski definition) is 0. The highest BCUT2D eigenvalue weighted by molar-refractivity contribution is 6.01. The van der Waals surface area contributed by atoms with E-state index >= 15 is 0 Å². The largest absolute Gasteiger partial charge is 0.364 e. The molecule has 1 aliphatic rings. The van der Waals surface area contributed by atoms with Crippen molar-refractivity contribution in [2.75, 3.05) is 26.9 Å². The van der Waals surface area contributed by atoms with Crippen molar-refractivity contribution in [2.24, 2.45) is 5.41 Å². The van der Waals surface area contributed by atoms with Gasteiger partial charge in [-0.15, -0.1) is 0 Å². The first kappa shape index (κ1) is 14.0. The van der Waals surface area contributed by atoms with Gasteiger partial charge >= 0.3 is 6.03 Å².